The number of benzene rings is 1. The van der Waals surface area contributed by atoms with E-state index in [-0.39, 0.29) is 29.1 Å². The summed E-state index contributed by atoms with van der Waals surface area (Å²) in [6, 6.07) is 7.68. The van der Waals surface area contributed by atoms with Crippen molar-refractivity contribution >= 4 is 23.5 Å². The Morgan fingerprint density at radius 2 is 1.76 bits per heavy atom. The summed E-state index contributed by atoms with van der Waals surface area (Å²) in [7, 11) is 0. The zero-order valence-electron chi connectivity index (χ0n) is 13.8. The second kappa shape index (κ2) is 7.25. The van der Waals surface area contributed by atoms with Gasteiger partial charge in [-0.1, -0.05) is 12.1 Å². The van der Waals surface area contributed by atoms with Crippen LogP contribution in [0.15, 0.2) is 36.5 Å². The van der Waals surface area contributed by atoms with Crippen LogP contribution in [-0.4, -0.2) is 57.8 Å². The van der Waals surface area contributed by atoms with E-state index in [9.17, 15) is 14.0 Å². The highest BCUT2D eigenvalue weighted by atomic mass is 19.1. The maximum atomic E-state index is 13.7. The molecule has 2 aromatic rings. The summed E-state index contributed by atoms with van der Waals surface area (Å²) in [4.78, 5) is 35.5. The van der Waals surface area contributed by atoms with Crippen LogP contribution in [0.2, 0.25) is 0 Å². The molecule has 1 aromatic heterocycles. The number of halogens is 1. The van der Waals surface area contributed by atoms with Crippen molar-refractivity contribution in [2.75, 3.05) is 31.5 Å². The average molecular weight is 343 g/mol. The molecular weight excluding hydrogens is 325 g/mol. The molecule has 130 valence electrons. The first kappa shape index (κ1) is 16.8. The van der Waals surface area contributed by atoms with Crippen LogP contribution in [0, 0.1) is 5.82 Å². The molecule has 0 radical (unpaired) electrons. The number of anilines is 2. The molecule has 1 aliphatic heterocycles. The topological polar surface area (TPSA) is 78.4 Å². The maximum absolute atomic E-state index is 13.7. The molecule has 0 atom stereocenters. The summed E-state index contributed by atoms with van der Waals surface area (Å²) < 4.78 is 13.7. The number of hydrogen-bond donors (Lipinski definition) is 1. The Balaban J connectivity index is 1.70. The second-order valence-electron chi connectivity index (χ2n) is 5.67. The van der Waals surface area contributed by atoms with Gasteiger partial charge in [-0.3, -0.25) is 9.59 Å². The number of aromatic nitrogens is 2. The van der Waals surface area contributed by atoms with E-state index in [2.05, 4.69) is 15.3 Å². The second-order valence-corrected chi connectivity index (χ2v) is 5.67. The van der Waals surface area contributed by atoms with E-state index in [4.69, 9.17) is 0 Å². The molecule has 0 saturated carbocycles. The molecule has 1 saturated heterocycles. The Morgan fingerprint density at radius 3 is 2.44 bits per heavy atom. The largest absolute Gasteiger partial charge is 0.339 e. The lowest BCUT2D eigenvalue weighted by atomic mass is 10.2. The first-order chi connectivity index (χ1) is 12.0. The number of nitrogens with zero attached hydrogens (tertiary/aromatic N) is 4. The van der Waals surface area contributed by atoms with Gasteiger partial charge in [0.15, 0.2) is 0 Å². The van der Waals surface area contributed by atoms with Gasteiger partial charge in [0.05, 0.1) is 5.69 Å². The van der Waals surface area contributed by atoms with Gasteiger partial charge in [-0.05, 0) is 18.2 Å². The van der Waals surface area contributed by atoms with Crippen LogP contribution < -0.4 is 5.32 Å². The molecule has 1 aromatic carbocycles. The van der Waals surface area contributed by atoms with Gasteiger partial charge in [0.2, 0.25) is 11.9 Å². The Hall–Kier alpha value is -3.03. The molecule has 8 heteroatoms. The van der Waals surface area contributed by atoms with E-state index in [1.807, 2.05) is 0 Å². The van der Waals surface area contributed by atoms with Crippen LogP contribution in [0.1, 0.15) is 17.4 Å². The van der Waals surface area contributed by atoms with Crippen molar-refractivity contribution in [3.8, 4) is 0 Å². The van der Waals surface area contributed by atoms with E-state index in [0.717, 1.165) is 0 Å². The smallest absolute Gasteiger partial charge is 0.272 e. The minimum atomic E-state index is -0.428. The third-order valence-electron chi connectivity index (χ3n) is 4.01. The third kappa shape index (κ3) is 3.90. The van der Waals surface area contributed by atoms with Gasteiger partial charge in [0.1, 0.15) is 11.5 Å². The van der Waals surface area contributed by atoms with Crippen molar-refractivity contribution in [1.29, 1.82) is 0 Å². The third-order valence-corrected chi connectivity index (χ3v) is 4.01. The molecule has 25 heavy (non-hydrogen) atoms. The lowest BCUT2D eigenvalue weighted by Gasteiger charge is -2.34. The molecule has 7 nitrogen and oxygen atoms in total. The first-order valence-electron chi connectivity index (χ1n) is 7.94. The molecule has 0 aliphatic carbocycles. The predicted molar refractivity (Wildman–Crippen MR) is 89.9 cm³/mol. The van der Waals surface area contributed by atoms with E-state index < -0.39 is 5.82 Å². The number of hydrogen-bond acceptors (Lipinski definition) is 5. The minimum absolute atomic E-state index is 0.00510. The molecule has 1 fully saturated rings. The Labute approximate surface area is 144 Å². The number of carbonyl (C=O) groups is 2. The van der Waals surface area contributed by atoms with Gasteiger partial charge >= 0.3 is 0 Å². The number of rotatable bonds is 3. The number of para-hydroxylation sites is 1. The van der Waals surface area contributed by atoms with Crippen LogP contribution >= 0.6 is 0 Å². The van der Waals surface area contributed by atoms with Crippen LogP contribution in [-0.2, 0) is 4.79 Å². The maximum Gasteiger partial charge on any atom is 0.272 e. The summed E-state index contributed by atoms with van der Waals surface area (Å²) >= 11 is 0. The van der Waals surface area contributed by atoms with Gasteiger partial charge in [0.25, 0.3) is 5.91 Å². The summed E-state index contributed by atoms with van der Waals surface area (Å²) in [5, 5.41) is 2.77. The van der Waals surface area contributed by atoms with E-state index in [1.54, 1.807) is 28.0 Å². The van der Waals surface area contributed by atoms with Gasteiger partial charge in [-0.15, -0.1) is 0 Å². The van der Waals surface area contributed by atoms with Crippen molar-refractivity contribution in [2.45, 2.75) is 6.92 Å². The van der Waals surface area contributed by atoms with Gasteiger partial charge < -0.3 is 15.1 Å². The van der Waals surface area contributed by atoms with Crippen molar-refractivity contribution in [1.82, 2.24) is 19.8 Å². The summed E-state index contributed by atoms with van der Waals surface area (Å²) in [6.45, 7) is 3.44. The fraction of sp³-hybridized carbons (Fsp3) is 0.294. The number of carbonyl (C=O) groups excluding carboxylic acids is 2. The molecular formula is C17H18FN5O2. The van der Waals surface area contributed by atoms with Crippen molar-refractivity contribution in [3.63, 3.8) is 0 Å². The summed E-state index contributed by atoms with van der Waals surface area (Å²) in [5.41, 5.74) is 0.465. The zero-order chi connectivity index (χ0) is 17.8. The quantitative estimate of drug-likeness (QED) is 0.917. The van der Waals surface area contributed by atoms with Crippen LogP contribution in [0.3, 0.4) is 0 Å². The van der Waals surface area contributed by atoms with E-state index in [1.165, 1.54) is 25.3 Å². The van der Waals surface area contributed by atoms with Crippen molar-refractivity contribution in [3.05, 3.63) is 48.0 Å². The average Bonchev–Trinajstić information content (AvgIpc) is 2.63. The summed E-state index contributed by atoms with van der Waals surface area (Å²) in [5.74, 6) is -0.505. The lowest BCUT2D eigenvalue weighted by Crippen LogP contribution is -2.50. The highest BCUT2D eigenvalue weighted by molar-refractivity contribution is 5.92. The number of amides is 2. The van der Waals surface area contributed by atoms with E-state index in [0.29, 0.717) is 26.2 Å². The fourth-order valence-corrected chi connectivity index (χ4v) is 2.61. The normalized spacial score (nSPS) is 14.3. The van der Waals surface area contributed by atoms with Crippen LogP contribution in [0.25, 0.3) is 0 Å². The molecule has 0 bridgehead atoms. The lowest BCUT2D eigenvalue weighted by molar-refractivity contribution is -0.130. The first-order valence-corrected chi connectivity index (χ1v) is 7.94. The van der Waals surface area contributed by atoms with Crippen LogP contribution in [0.4, 0.5) is 16.0 Å². The molecule has 3 rings (SSSR count). The van der Waals surface area contributed by atoms with Gasteiger partial charge in [-0.2, -0.15) is 0 Å². The molecule has 2 heterocycles. The molecule has 1 N–H and O–H groups in total. The SMILES string of the molecule is CC(=O)N1CCN(C(=O)c2ccnc(Nc3ccccc3F)n2)CC1. The van der Waals surface area contributed by atoms with Gasteiger partial charge in [-0.25, -0.2) is 14.4 Å². The standard InChI is InChI=1S/C17H18FN5O2/c1-12(24)22-8-10-23(11-9-22)16(25)15-6-7-19-17(21-15)20-14-5-3-2-4-13(14)18/h2-7H,8-11H2,1H3,(H,19,20,21). The highest BCUT2D eigenvalue weighted by Gasteiger charge is 2.24. The number of piperazine rings is 1. The summed E-state index contributed by atoms with van der Waals surface area (Å²) in [6.07, 6.45) is 1.45. The Bertz CT molecular complexity index is 790. The van der Waals surface area contributed by atoms with Crippen molar-refractivity contribution in [2.24, 2.45) is 0 Å². The van der Waals surface area contributed by atoms with E-state index >= 15 is 0 Å². The highest BCUT2D eigenvalue weighted by Crippen LogP contribution is 2.17. The predicted octanol–water partition coefficient (Wildman–Crippen LogP) is 1.66. The zero-order valence-corrected chi connectivity index (χ0v) is 13.8. The van der Waals surface area contributed by atoms with Crippen molar-refractivity contribution < 1.29 is 14.0 Å². The minimum Gasteiger partial charge on any atom is -0.339 e. The Kier molecular flexibility index (Phi) is 4.87. The molecule has 0 unspecified atom stereocenters. The molecule has 2 amide bonds. The molecule has 1 aliphatic rings. The number of nitrogens with one attached hydrogen (secondary N) is 1. The molecule has 0 spiro atoms. The van der Waals surface area contributed by atoms with Crippen LogP contribution in [0.5, 0.6) is 0 Å². The monoisotopic (exact) mass is 343 g/mol. The Morgan fingerprint density at radius 1 is 1.08 bits per heavy atom. The fourth-order valence-electron chi connectivity index (χ4n) is 2.61. The van der Waals surface area contributed by atoms with Gasteiger partial charge in [0, 0.05) is 39.3 Å².